The fraction of sp³-hybridized carbons (Fsp3) is 0.389. The maximum atomic E-state index is 12.5. The summed E-state index contributed by atoms with van der Waals surface area (Å²) in [5.74, 6) is 0.654. The number of Topliss-reactive ketones (excluding diaryl/α,β-unsaturated/α-hetero) is 1. The van der Waals surface area contributed by atoms with Crippen LogP contribution in [0.2, 0.25) is 0 Å². The van der Waals surface area contributed by atoms with Crippen LogP contribution in [-0.2, 0) is 4.79 Å². The van der Waals surface area contributed by atoms with Crippen LogP contribution < -0.4 is 5.32 Å². The van der Waals surface area contributed by atoms with Crippen LogP contribution in [0.25, 0.3) is 0 Å². The molecule has 0 spiro atoms. The van der Waals surface area contributed by atoms with E-state index in [1.54, 1.807) is 0 Å². The number of benzene rings is 1. The number of carbonyl (C=O) groups excluding carboxylic acids is 1. The van der Waals surface area contributed by atoms with Crippen molar-refractivity contribution in [3.63, 3.8) is 0 Å². The molecule has 0 aliphatic heterocycles. The summed E-state index contributed by atoms with van der Waals surface area (Å²) in [6.07, 6.45) is 5.94. The molecule has 0 heterocycles. The Labute approximate surface area is 134 Å². The van der Waals surface area contributed by atoms with Crippen LogP contribution in [0, 0.1) is 11.3 Å². The van der Waals surface area contributed by atoms with Crippen molar-refractivity contribution in [2.45, 2.75) is 32.6 Å². The van der Waals surface area contributed by atoms with Gasteiger partial charge in [-0.1, -0.05) is 46.6 Å². The average Bonchev–Trinajstić information content (AvgIpc) is 2.76. The van der Waals surface area contributed by atoms with Gasteiger partial charge in [0.05, 0.1) is 0 Å². The minimum atomic E-state index is -0.0171. The van der Waals surface area contributed by atoms with Crippen LogP contribution in [0.1, 0.15) is 32.6 Å². The van der Waals surface area contributed by atoms with Crippen molar-refractivity contribution in [2.75, 3.05) is 5.32 Å². The lowest BCUT2D eigenvalue weighted by molar-refractivity contribution is -0.114. The molecule has 2 aliphatic carbocycles. The van der Waals surface area contributed by atoms with Crippen molar-refractivity contribution in [3.8, 4) is 0 Å². The minimum Gasteiger partial charge on any atom is -0.361 e. The zero-order chi connectivity index (χ0) is 14.9. The first-order valence-corrected chi connectivity index (χ1v) is 8.41. The second-order valence-corrected chi connectivity index (χ2v) is 6.66. The van der Waals surface area contributed by atoms with E-state index < -0.39 is 0 Å². The summed E-state index contributed by atoms with van der Waals surface area (Å²) in [6.45, 7) is 2.25. The minimum absolute atomic E-state index is 0.0171. The van der Waals surface area contributed by atoms with Crippen molar-refractivity contribution in [1.82, 2.24) is 0 Å². The molecule has 0 unspecified atom stereocenters. The molecular weight excluding hydrogens is 326 g/mol. The summed E-state index contributed by atoms with van der Waals surface area (Å²) < 4.78 is 0. The topological polar surface area (TPSA) is 29.1 Å². The predicted molar refractivity (Wildman–Crippen MR) is 90.2 cm³/mol. The summed E-state index contributed by atoms with van der Waals surface area (Å²) in [5.41, 5.74) is 3.36. The first kappa shape index (κ1) is 14.6. The molecule has 3 heteroatoms. The second-order valence-electron chi connectivity index (χ2n) is 6.20. The number of halogens is 1. The molecule has 2 nitrogen and oxygen atoms in total. The lowest BCUT2D eigenvalue weighted by Crippen LogP contribution is -2.29. The fourth-order valence-electron chi connectivity index (χ4n) is 3.78. The molecule has 0 radical (unpaired) electrons. The number of rotatable bonds is 2. The first-order chi connectivity index (χ1) is 10.1. The van der Waals surface area contributed by atoms with Crippen LogP contribution >= 0.6 is 15.9 Å². The smallest absolute Gasteiger partial charge is 0.161 e. The van der Waals surface area contributed by atoms with Crippen LogP contribution in [0.4, 0.5) is 5.69 Å². The van der Waals surface area contributed by atoms with Crippen molar-refractivity contribution < 1.29 is 4.79 Å². The number of allylic oxidation sites excluding steroid dienone is 2. The zero-order valence-corrected chi connectivity index (χ0v) is 13.8. The van der Waals surface area contributed by atoms with Gasteiger partial charge < -0.3 is 5.32 Å². The van der Waals surface area contributed by atoms with E-state index in [1.807, 2.05) is 41.5 Å². The highest BCUT2D eigenvalue weighted by molar-refractivity contribution is 9.11. The number of fused-ring (bicyclic) bond motifs is 1. The molecule has 0 saturated heterocycles. The summed E-state index contributed by atoms with van der Waals surface area (Å²) in [6, 6.07) is 10.0. The fourth-order valence-corrected chi connectivity index (χ4v) is 4.32. The third-order valence-electron chi connectivity index (χ3n) is 4.98. The monoisotopic (exact) mass is 345 g/mol. The number of para-hydroxylation sites is 1. The first-order valence-electron chi connectivity index (χ1n) is 7.50. The van der Waals surface area contributed by atoms with E-state index in [0.29, 0.717) is 18.1 Å². The van der Waals surface area contributed by atoms with E-state index in [9.17, 15) is 4.79 Å². The molecule has 1 aromatic rings. The number of hydrogen-bond donors (Lipinski definition) is 1. The quantitative estimate of drug-likeness (QED) is 0.760. The largest absolute Gasteiger partial charge is 0.361 e. The van der Waals surface area contributed by atoms with Gasteiger partial charge in [-0.15, -0.1) is 0 Å². The molecule has 0 amide bonds. The predicted octanol–water partition coefficient (Wildman–Crippen LogP) is 5.04. The Morgan fingerprint density at radius 1 is 1.33 bits per heavy atom. The van der Waals surface area contributed by atoms with E-state index >= 15 is 0 Å². The molecule has 2 atom stereocenters. The van der Waals surface area contributed by atoms with Crippen molar-refractivity contribution in [2.24, 2.45) is 11.3 Å². The van der Waals surface area contributed by atoms with Crippen molar-refractivity contribution >= 4 is 27.4 Å². The van der Waals surface area contributed by atoms with Gasteiger partial charge in [-0.3, -0.25) is 4.79 Å². The molecule has 2 saturated carbocycles. The summed E-state index contributed by atoms with van der Waals surface area (Å²) in [5, 5.41) is 3.29. The van der Waals surface area contributed by atoms with Gasteiger partial charge >= 0.3 is 0 Å². The standard InChI is InChI=1S/C18H20BrNO/c1-18-9-5-6-13(11-19)15(18)10-17(21)16(18)12-20-14-7-3-2-4-8-14/h2-4,7-8,11-12,15,20H,5-6,9-10H2,1H3/t15-,18-/m0/s1. The molecule has 2 fully saturated rings. The number of nitrogens with one attached hydrogen (secondary N) is 1. The van der Waals surface area contributed by atoms with Crippen LogP contribution in [-0.4, -0.2) is 5.78 Å². The molecule has 2 aliphatic rings. The highest BCUT2D eigenvalue weighted by atomic mass is 79.9. The Kier molecular flexibility index (Phi) is 4.03. The molecule has 21 heavy (non-hydrogen) atoms. The molecule has 110 valence electrons. The Morgan fingerprint density at radius 3 is 2.81 bits per heavy atom. The highest BCUT2D eigenvalue weighted by Gasteiger charge is 2.50. The van der Waals surface area contributed by atoms with Gasteiger partial charge in [-0.25, -0.2) is 0 Å². The van der Waals surface area contributed by atoms with Crippen molar-refractivity contribution in [3.05, 3.63) is 52.7 Å². The number of hydrogen-bond acceptors (Lipinski definition) is 2. The lowest BCUT2D eigenvalue weighted by Gasteiger charge is -2.38. The molecular formula is C18H20BrNO. The zero-order valence-electron chi connectivity index (χ0n) is 12.2. The SMILES string of the molecule is C[C@]12CCCC(=CBr)[C@@H]1CC(=O)C2=CNc1ccccc1. The Hall–Kier alpha value is -1.35. The molecule has 0 aromatic heterocycles. The average molecular weight is 346 g/mol. The van der Waals surface area contributed by atoms with Gasteiger partial charge in [-0.05, 0) is 42.3 Å². The summed E-state index contributed by atoms with van der Waals surface area (Å²) in [7, 11) is 0. The Morgan fingerprint density at radius 2 is 2.10 bits per heavy atom. The number of anilines is 1. The maximum Gasteiger partial charge on any atom is 0.161 e. The molecule has 1 aromatic carbocycles. The normalized spacial score (nSPS) is 32.5. The van der Waals surface area contributed by atoms with Crippen LogP contribution in [0.3, 0.4) is 0 Å². The lowest BCUT2D eigenvalue weighted by atomic mass is 9.66. The van der Waals surface area contributed by atoms with Crippen molar-refractivity contribution in [1.29, 1.82) is 0 Å². The van der Waals surface area contributed by atoms with E-state index in [2.05, 4.69) is 28.2 Å². The van der Waals surface area contributed by atoms with E-state index in [-0.39, 0.29) is 5.41 Å². The summed E-state index contributed by atoms with van der Waals surface area (Å²) in [4.78, 5) is 14.5. The van der Waals surface area contributed by atoms with E-state index in [1.165, 1.54) is 5.57 Å². The Bertz CT molecular complexity index is 605. The highest BCUT2D eigenvalue weighted by Crippen LogP contribution is 2.55. The maximum absolute atomic E-state index is 12.5. The van der Waals surface area contributed by atoms with Gasteiger partial charge in [0.25, 0.3) is 0 Å². The number of carbonyl (C=O) groups is 1. The molecule has 0 bridgehead atoms. The van der Waals surface area contributed by atoms with Gasteiger partial charge in [0.15, 0.2) is 5.78 Å². The Balaban J connectivity index is 1.90. The van der Waals surface area contributed by atoms with E-state index in [0.717, 1.165) is 30.5 Å². The van der Waals surface area contributed by atoms with Gasteiger partial charge in [0, 0.05) is 29.3 Å². The van der Waals surface area contributed by atoms with Gasteiger partial charge in [0.2, 0.25) is 0 Å². The van der Waals surface area contributed by atoms with Crippen LogP contribution in [0.5, 0.6) is 0 Å². The summed E-state index contributed by atoms with van der Waals surface area (Å²) >= 11 is 3.48. The third kappa shape index (κ3) is 2.59. The van der Waals surface area contributed by atoms with Gasteiger partial charge in [-0.2, -0.15) is 0 Å². The number of ketones is 1. The molecule has 3 rings (SSSR count). The second kappa shape index (κ2) is 5.80. The molecule has 1 N–H and O–H groups in total. The van der Waals surface area contributed by atoms with Crippen LogP contribution in [0.15, 0.2) is 52.7 Å². The third-order valence-corrected chi connectivity index (χ3v) is 5.57. The van der Waals surface area contributed by atoms with Gasteiger partial charge in [0.1, 0.15) is 0 Å². The van der Waals surface area contributed by atoms with E-state index in [4.69, 9.17) is 0 Å².